The van der Waals surface area contributed by atoms with Crippen molar-refractivity contribution in [3.63, 3.8) is 0 Å². The molecule has 1 aromatic rings. The van der Waals surface area contributed by atoms with Crippen LogP contribution in [0.25, 0.3) is 0 Å². The van der Waals surface area contributed by atoms with Crippen LogP contribution in [0.2, 0.25) is 0 Å². The molecule has 5 nitrogen and oxygen atoms in total. The van der Waals surface area contributed by atoms with Crippen LogP contribution in [0.5, 0.6) is 0 Å². The minimum Gasteiger partial charge on any atom is -0.281 e. The van der Waals surface area contributed by atoms with Crippen molar-refractivity contribution in [3.05, 3.63) is 11.4 Å². The highest BCUT2D eigenvalue weighted by Gasteiger charge is 2.34. The van der Waals surface area contributed by atoms with Gasteiger partial charge in [-0.25, -0.2) is 8.42 Å². The Bertz CT molecular complexity index is 516. The van der Waals surface area contributed by atoms with Crippen LogP contribution in [0.1, 0.15) is 31.7 Å². The maximum Gasteiger partial charge on any atom is 0.246 e. The number of hydrogen-bond acceptors (Lipinski definition) is 3. The van der Waals surface area contributed by atoms with Crippen molar-refractivity contribution in [2.24, 2.45) is 11.8 Å². The van der Waals surface area contributed by atoms with Crippen molar-refractivity contribution in [2.45, 2.75) is 39.0 Å². The third kappa shape index (κ3) is 2.19. The molecule has 2 unspecified atom stereocenters. The van der Waals surface area contributed by atoms with E-state index in [9.17, 15) is 8.42 Å². The topological polar surface area (TPSA) is 66.1 Å². The lowest BCUT2D eigenvalue weighted by atomic mass is 9.90. The highest BCUT2D eigenvalue weighted by atomic mass is 32.2. The molecule has 0 amide bonds. The van der Waals surface area contributed by atoms with Gasteiger partial charge < -0.3 is 0 Å². The summed E-state index contributed by atoms with van der Waals surface area (Å²) >= 11 is 0. The van der Waals surface area contributed by atoms with Gasteiger partial charge in [0, 0.05) is 13.1 Å². The van der Waals surface area contributed by atoms with Gasteiger partial charge in [-0.05, 0) is 32.1 Å². The van der Waals surface area contributed by atoms with Gasteiger partial charge in [-0.2, -0.15) is 9.40 Å². The summed E-state index contributed by atoms with van der Waals surface area (Å²) in [6.45, 7) is 8.99. The molecular weight excluding hydrogens is 250 g/mol. The lowest BCUT2D eigenvalue weighted by Gasteiger charge is -2.34. The molecule has 1 aromatic heterocycles. The summed E-state index contributed by atoms with van der Waals surface area (Å²) in [4.78, 5) is 0.351. The number of nitrogens with zero attached hydrogens (tertiary/aromatic N) is 2. The Morgan fingerprint density at radius 1 is 1.28 bits per heavy atom. The van der Waals surface area contributed by atoms with Crippen molar-refractivity contribution in [2.75, 3.05) is 13.1 Å². The molecule has 0 aliphatic carbocycles. The third-order valence-corrected chi connectivity index (χ3v) is 6.08. The number of aromatic nitrogens is 2. The van der Waals surface area contributed by atoms with E-state index in [-0.39, 0.29) is 0 Å². The molecule has 1 aliphatic heterocycles. The molecule has 0 bridgehead atoms. The van der Waals surface area contributed by atoms with Crippen LogP contribution in [-0.2, 0) is 10.0 Å². The fourth-order valence-electron chi connectivity index (χ4n) is 2.49. The molecular formula is C12H21N3O2S. The average Bonchev–Trinajstić information content (AvgIpc) is 2.62. The predicted molar refractivity (Wildman–Crippen MR) is 69.8 cm³/mol. The van der Waals surface area contributed by atoms with Crippen molar-refractivity contribution in [3.8, 4) is 0 Å². The first-order valence-electron chi connectivity index (χ1n) is 6.35. The zero-order valence-corrected chi connectivity index (χ0v) is 12.2. The molecule has 6 heteroatoms. The van der Waals surface area contributed by atoms with E-state index in [1.807, 2.05) is 0 Å². The molecule has 0 aromatic carbocycles. The number of rotatable bonds is 2. The number of aryl methyl sites for hydroxylation is 2. The molecule has 0 saturated carbocycles. The van der Waals surface area contributed by atoms with Gasteiger partial charge >= 0.3 is 0 Å². The summed E-state index contributed by atoms with van der Waals surface area (Å²) in [5, 5.41) is 6.73. The number of nitrogens with one attached hydrogen (secondary N) is 1. The fourth-order valence-corrected chi connectivity index (χ4v) is 4.38. The second-order valence-electron chi connectivity index (χ2n) is 5.37. The van der Waals surface area contributed by atoms with Gasteiger partial charge in [0.2, 0.25) is 10.0 Å². The summed E-state index contributed by atoms with van der Waals surface area (Å²) < 4.78 is 26.8. The highest BCUT2D eigenvalue weighted by Crippen LogP contribution is 2.29. The van der Waals surface area contributed by atoms with Crippen LogP contribution in [0.4, 0.5) is 0 Å². The number of piperidine rings is 1. The van der Waals surface area contributed by atoms with Crippen LogP contribution in [0.15, 0.2) is 4.90 Å². The Kier molecular flexibility index (Phi) is 3.51. The van der Waals surface area contributed by atoms with Gasteiger partial charge in [-0.3, -0.25) is 5.10 Å². The Balaban J connectivity index is 2.33. The molecule has 1 aliphatic rings. The van der Waals surface area contributed by atoms with E-state index in [1.165, 1.54) is 0 Å². The van der Waals surface area contributed by atoms with Gasteiger partial charge in [0.15, 0.2) is 0 Å². The summed E-state index contributed by atoms with van der Waals surface area (Å²) in [5.41, 5.74) is 1.18. The molecule has 1 saturated heterocycles. The van der Waals surface area contributed by atoms with Gasteiger partial charge in [0.25, 0.3) is 0 Å². The van der Waals surface area contributed by atoms with Crippen LogP contribution in [0, 0.1) is 25.7 Å². The average molecular weight is 271 g/mol. The molecule has 2 atom stereocenters. The molecule has 0 radical (unpaired) electrons. The van der Waals surface area contributed by atoms with Crippen LogP contribution >= 0.6 is 0 Å². The van der Waals surface area contributed by atoms with E-state index in [4.69, 9.17) is 0 Å². The number of aromatic amines is 1. The van der Waals surface area contributed by atoms with Crippen molar-refractivity contribution in [1.29, 1.82) is 0 Å². The van der Waals surface area contributed by atoms with Crippen LogP contribution in [0.3, 0.4) is 0 Å². The third-order valence-electron chi connectivity index (χ3n) is 3.96. The van der Waals surface area contributed by atoms with Crippen molar-refractivity contribution in [1.82, 2.24) is 14.5 Å². The largest absolute Gasteiger partial charge is 0.281 e. The molecule has 2 rings (SSSR count). The minimum atomic E-state index is -3.40. The maximum atomic E-state index is 12.6. The molecule has 2 heterocycles. The van der Waals surface area contributed by atoms with Gasteiger partial charge in [-0.15, -0.1) is 0 Å². The standard InChI is InChI=1S/C12H21N3O2S/c1-8-5-6-15(7-9(8)2)18(16,17)12-10(3)13-14-11(12)4/h8-9H,5-7H2,1-4H3,(H,13,14). The summed E-state index contributed by atoms with van der Waals surface area (Å²) in [6, 6.07) is 0. The van der Waals surface area contributed by atoms with Gasteiger partial charge in [0.05, 0.1) is 11.4 Å². The van der Waals surface area contributed by atoms with Crippen molar-refractivity contribution < 1.29 is 8.42 Å². The van der Waals surface area contributed by atoms with Crippen molar-refractivity contribution >= 4 is 10.0 Å². The second-order valence-corrected chi connectivity index (χ2v) is 7.24. The summed E-state index contributed by atoms with van der Waals surface area (Å²) in [7, 11) is -3.40. The van der Waals surface area contributed by atoms with E-state index in [0.717, 1.165) is 6.42 Å². The number of sulfonamides is 1. The number of hydrogen-bond donors (Lipinski definition) is 1. The van der Waals surface area contributed by atoms with E-state index in [2.05, 4.69) is 24.0 Å². The molecule has 102 valence electrons. The lowest BCUT2D eigenvalue weighted by Crippen LogP contribution is -2.42. The zero-order valence-electron chi connectivity index (χ0n) is 11.4. The zero-order chi connectivity index (χ0) is 13.5. The second kappa shape index (κ2) is 4.66. The molecule has 1 fully saturated rings. The Hall–Kier alpha value is -0.880. The van der Waals surface area contributed by atoms with E-state index in [0.29, 0.717) is 41.2 Å². The highest BCUT2D eigenvalue weighted by molar-refractivity contribution is 7.89. The molecule has 0 spiro atoms. The number of H-pyrrole nitrogens is 1. The quantitative estimate of drug-likeness (QED) is 0.890. The normalized spacial score (nSPS) is 26.4. The lowest BCUT2D eigenvalue weighted by molar-refractivity contribution is 0.212. The molecule has 1 N–H and O–H groups in total. The minimum absolute atomic E-state index is 0.351. The maximum absolute atomic E-state index is 12.6. The van der Waals surface area contributed by atoms with E-state index in [1.54, 1.807) is 18.2 Å². The summed E-state index contributed by atoms with van der Waals surface area (Å²) in [5.74, 6) is 0.990. The van der Waals surface area contributed by atoms with Gasteiger partial charge in [-0.1, -0.05) is 13.8 Å². The Morgan fingerprint density at radius 2 is 1.94 bits per heavy atom. The monoisotopic (exact) mass is 271 g/mol. The smallest absolute Gasteiger partial charge is 0.246 e. The molecule has 18 heavy (non-hydrogen) atoms. The predicted octanol–water partition coefficient (Wildman–Crippen LogP) is 1.69. The van der Waals surface area contributed by atoms with Crippen LogP contribution in [-0.4, -0.2) is 36.0 Å². The van der Waals surface area contributed by atoms with E-state index < -0.39 is 10.0 Å². The van der Waals surface area contributed by atoms with E-state index >= 15 is 0 Å². The summed E-state index contributed by atoms with van der Waals surface area (Å²) in [6.07, 6.45) is 0.927. The Labute approximate surface area is 109 Å². The first kappa shape index (κ1) is 13.5. The van der Waals surface area contributed by atoms with Gasteiger partial charge in [0.1, 0.15) is 4.90 Å². The fraction of sp³-hybridized carbons (Fsp3) is 0.750. The SMILES string of the molecule is Cc1n[nH]c(C)c1S(=O)(=O)N1CCC(C)C(C)C1. The Morgan fingerprint density at radius 3 is 2.44 bits per heavy atom. The van der Waals surface area contributed by atoms with Crippen LogP contribution < -0.4 is 0 Å². The first-order chi connectivity index (χ1) is 8.34. The first-order valence-corrected chi connectivity index (χ1v) is 7.79.